The third kappa shape index (κ3) is 15.5. The molecule has 3 atom stereocenters. The van der Waals surface area contributed by atoms with Crippen LogP contribution in [0.4, 0.5) is 8.78 Å². The summed E-state index contributed by atoms with van der Waals surface area (Å²) in [5, 5.41) is 2.90. The number of amides is 2. The van der Waals surface area contributed by atoms with Crippen molar-refractivity contribution in [1.82, 2.24) is 14.8 Å². The van der Waals surface area contributed by atoms with Gasteiger partial charge in [0.2, 0.25) is 11.8 Å². The number of unbranched alkanes of at least 4 members (excludes halogenated alkanes) is 12. The molecule has 3 aromatic rings. The van der Waals surface area contributed by atoms with E-state index in [1.807, 2.05) is 0 Å². The van der Waals surface area contributed by atoms with E-state index >= 15 is 0 Å². The van der Waals surface area contributed by atoms with Crippen molar-refractivity contribution in [3.63, 3.8) is 0 Å². The summed E-state index contributed by atoms with van der Waals surface area (Å²) in [6, 6.07) is 7.59. The van der Waals surface area contributed by atoms with Crippen LogP contribution < -0.4 is 10.6 Å². The smallest absolute Gasteiger partial charge is 0.358 e. The summed E-state index contributed by atoms with van der Waals surface area (Å²) in [5.41, 5.74) is 0.753. The minimum atomic E-state index is -4.30. The molecule has 0 radical (unpaired) electrons. The first-order chi connectivity index (χ1) is 28.4. The van der Waals surface area contributed by atoms with Gasteiger partial charge in [0.25, 0.3) is 0 Å². The van der Waals surface area contributed by atoms with Crippen molar-refractivity contribution in [1.29, 1.82) is 0 Å². The number of fused-ring (bicyclic) bond motifs is 1. The van der Waals surface area contributed by atoms with Gasteiger partial charge < -0.3 is 28.9 Å². The van der Waals surface area contributed by atoms with E-state index < -0.39 is 37.4 Å². The molecule has 59 heavy (non-hydrogen) atoms. The average molecular weight is 862 g/mol. The van der Waals surface area contributed by atoms with Crippen molar-refractivity contribution in [2.75, 3.05) is 26.4 Å². The van der Waals surface area contributed by atoms with Crippen molar-refractivity contribution in [2.24, 2.45) is 0 Å². The molecule has 0 saturated carbocycles. The number of hydrogen-bond acceptors (Lipinski definition) is 6. The Kier molecular flexibility index (Phi) is 20.8. The number of ketones is 1. The molecule has 0 aliphatic carbocycles. The minimum absolute atomic E-state index is 0.00975. The predicted octanol–water partition coefficient (Wildman–Crippen LogP) is 10.2. The Hall–Kier alpha value is -3.41. The lowest BCUT2D eigenvalue weighted by Gasteiger charge is -2.24. The minimum Gasteiger partial charge on any atom is -0.381 e. The molecule has 2 heterocycles. The van der Waals surface area contributed by atoms with Crippen molar-refractivity contribution in [2.45, 2.75) is 142 Å². The molecule has 1 fully saturated rings. The fraction of sp³-hybridized carbons (Fsp3) is 0.578. The number of Topliss-reactive ketones (excluding diaryl/α,β-unsaturated/α-hetero) is 1. The maximum absolute atomic E-state index is 14.7. The molecule has 1 saturated heterocycles. The molecule has 10 nitrogen and oxygen atoms in total. The van der Waals surface area contributed by atoms with Gasteiger partial charge in [-0.05, 0) is 63.6 Å². The Morgan fingerprint density at radius 1 is 0.932 bits per heavy atom. The summed E-state index contributed by atoms with van der Waals surface area (Å²) < 4.78 is 55.0. The van der Waals surface area contributed by atoms with Crippen LogP contribution in [0.25, 0.3) is 10.9 Å². The summed E-state index contributed by atoms with van der Waals surface area (Å²) >= 11 is 5.84. The maximum atomic E-state index is 14.7. The third-order valence-electron chi connectivity index (χ3n) is 10.7. The highest BCUT2D eigenvalue weighted by Gasteiger charge is 2.40. The molecule has 326 valence electrons. The molecule has 2 N–H and O–H groups in total. The zero-order valence-electron chi connectivity index (χ0n) is 34.8. The van der Waals surface area contributed by atoms with Gasteiger partial charge in [-0.3, -0.25) is 18.9 Å². The van der Waals surface area contributed by atoms with E-state index in [9.17, 15) is 32.6 Å². The summed E-state index contributed by atoms with van der Waals surface area (Å²) in [6.07, 6.45) is 22.2. The quantitative estimate of drug-likeness (QED) is 0.0322. The zero-order chi connectivity index (χ0) is 42.6. The molecule has 1 aliphatic heterocycles. The van der Waals surface area contributed by atoms with Crippen LogP contribution >= 0.6 is 19.2 Å². The number of alkyl halides is 1. The third-order valence-corrected chi connectivity index (χ3v) is 12.5. The molecule has 1 unspecified atom stereocenters. The van der Waals surface area contributed by atoms with Crippen LogP contribution in [0.1, 0.15) is 133 Å². The van der Waals surface area contributed by atoms with E-state index in [1.54, 1.807) is 0 Å². The van der Waals surface area contributed by atoms with Crippen LogP contribution in [0, 0.1) is 5.82 Å². The Labute approximate surface area is 353 Å². The summed E-state index contributed by atoms with van der Waals surface area (Å²) in [5.74, 6) is -2.22. The number of carbonyl (C=O) groups is 3. The van der Waals surface area contributed by atoms with E-state index in [-0.39, 0.29) is 59.9 Å². The maximum Gasteiger partial charge on any atom is 0.358 e. The normalized spacial score (nSPS) is 16.6. The first-order valence-corrected chi connectivity index (χ1v) is 23.4. The van der Waals surface area contributed by atoms with Gasteiger partial charge in [-0.2, -0.15) is 0 Å². The van der Waals surface area contributed by atoms with Crippen molar-refractivity contribution < 1.29 is 41.9 Å². The van der Waals surface area contributed by atoms with Crippen LogP contribution in [0.3, 0.4) is 0 Å². The molecule has 0 spiro atoms. The standard InChI is InChI=1S/C45H63ClF2N3O7P/c1-3-4-5-6-7-8-9-10-11-12-13-14-15-16-17-18-25-57-26-20-27-58-59(55,56)37-23-24-38-39(34(2)52)32-50(41(38)29-37)33-43(53)51-31-36(47)28-42(51)45(54)49-30-35-21-19-22-40(46)44(35)48/h10-11,19,21-24,29,32,36,42H,3-9,12-18,20,25-28,30-31,33H2,1-2H3,(H,49,54)(H,55,56)/b11-10-/t36-,42+/m1/s1. The fourth-order valence-corrected chi connectivity index (χ4v) is 8.64. The second kappa shape index (κ2) is 25.4. The SMILES string of the molecule is CCCCCCCC/C=C\CCCCCCCCOCCCOP(=O)(O)c1ccc2c(C(C)=O)cn(CC(=O)N3C[C@H](F)C[C@H]3C(=O)NCc3cccc(Cl)c3F)c2c1. The second-order valence-corrected chi connectivity index (χ2v) is 17.7. The number of rotatable bonds is 28. The van der Waals surface area contributed by atoms with Crippen molar-refractivity contribution >= 4 is 53.0 Å². The topological polar surface area (TPSA) is 127 Å². The molecule has 0 bridgehead atoms. The Morgan fingerprint density at radius 3 is 2.29 bits per heavy atom. The molecular formula is C45H63ClF2N3O7P. The number of allylic oxidation sites excluding steroid dienone is 2. The van der Waals surface area contributed by atoms with Gasteiger partial charge in [0, 0.05) is 48.9 Å². The van der Waals surface area contributed by atoms with Gasteiger partial charge in [0.05, 0.1) is 29.0 Å². The molecular weight excluding hydrogens is 799 g/mol. The molecule has 14 heteroatoms. The summed E-state index contributed by atoms with van der Waals surface area (Å²) in [4.78, 5) is 51.3. The Balaban J connectivity index is 1.19. The van der Waals surface area contributed by atoms with E-state index in [0.717, 1.165) is 24.2 Å². The summed E-state index contributed by atoms with van der Waals surface area (Å²) in [7, 11) is -4.30. The van der Waals surface area contributed by atoms with Gasteiger partial charge in [0.1, 0.15) is 24.6 Å². The van der Waals surface area contributed by atoms with Gasteiger partial charge in [-0.15, -0.1) is 0 Å². The molecule has 2 amide bonds. The number of nitrogens with one attached hydrogen (secondary N) is 1. The van der Waals surface area contributed by atoms with E-state index in [4.69, 9.17) is 20.9 Å². The zero-order valence-corrected chi connectivity index (χ0v) is 36.4. The average Bonchev–Trinajstić information content (AvgIpc) is 3.79. The summed E-state index contributed by atoms with van der Waals surface area (Å²) in [6.45, 7) is 3.72. The van der Waals surface area contributed by atoms with Crippen molar-refractivity contribution in [3.8, 4) is 0 Å². The molecule has 4 rings (SSSR count). The number of hydrogen-bond donors (Lipinski definition) is 2. The second-order valence-electron chi connectivity index (χ2n) is 15.5. The van der Waals surface area contributed by atoms with Crippen LogP contribution in [0.2, 0.25) is 5.02 Å². The number of nitrogens with zero attached hydrogens (tertiary/aromatic N) is 2. The number of halogens is 3. The highest BCUT2D eigenvalue weighted by atomic mass is 35.5. The number of benzene rings is 2. The lowest BCUT2D eigenvalue weighted by atomic mass is 10.1. The molecule has 2 aromatic carbocycles. The van der Waals surface area contributed by atoms with Gasteiger partial charge >= 0.3 is 7.60 Å². The van der Waals surface area contributed by atoms with E-state index in [2.05, 4.69) is 24.4 Å². The van der Waals surface area contributed by atoms with Gasteiger partial charge in [-0.25, -0.2) is 8.78 Å². The predicted molar refractivity (Wildman–Crippen MR) is 231 cm³/mol. The van der Waals surface area contributed by atoms with E-state index in [0.29, 0.717) is 30.5 Å². The molecule has 1 aliphatic rings. The first-order valence-electron chi connectivity index (χ1n) is 21.4. The fourth-order valence-electron chi connectivity index (χ4n) is 7.38. The number of carbonyl (C=O) groups excluding carboxylic acids is 3. The number of ether oxygens (including phenoxy) is 1. The van der Waals surface area contributed by atoms with Crippen LogP contribution in [0.15, 0.2) is 54.7 Å². The first kappa shape index (κ1) is 48.3. The van der Waals surface area contributed by atoms with E-state index in [1.165, 1.54) is 125 Å². The van der Waals surface area contributed by atoms with Gasteiger partial charge in [0.15, 0.2) is 5.78 Å². The highest BCUT2D eigenvalue weighted by molar-refractivity contribution is 7.61. The monoisotopic (exact) mass is 861 g/mol. The lowest BCUT2D eigenvalue weighted by Crippen LogP contribution is -2.46. The highest BCUT2D eigenvalue weighted by Crippen LogP contribution is 2.42. The van der Waals surface area contributed by atoms with Crippen LogP contribution in [0.5, 0.6) is 0 Å². The lowest BCUT2D eigenvalue weighted by molar-refractivity contribution is -0.139. The Morgan fingerprint density at radius 2 is 1.59 bits per heavy atom. The largest absolute Gasteiger partial charge is 0.381 e. The van der Waals surface area contributed by atoms with Crippen molar-refractivity contribution in [3.05, 3.63) is 76.7 Å². The number of likely N-dealkylation sites (tertiary alicyclic amines) is 1. The Bertz CT molecular complexity index is 1890. The van der Waals surface area contributed by atoms with Crippen LogP contribution in [-0.4, -0.2) is 70.5 Å². The van der Waals surface area contributed by atoms with Gasteiger partial charge in [-0.1, -0.05) is 107 Å². The molecule has 1 aromatic heterocycles. The van der Waals surface area contributed by atoms with Crippen LogP contribution in [-0.2, 0) is 36.5 Å². The number of aromatic nitrogens is 1.